The molecule has 2 aliphatic rings. The van der Waals surface area contributed by atoms with Gasteiger partial charge in [-0.1, -0.05) is 6.92 Å². The van der Waals surface area contributed by atoms with Crippen LogP contribution in [0.15, 0.2) is 0 Å². The minimum absolute atomic E-state index is 0.426. The lowest BCUT2D eigenvalue weighted by Crippen LogP contribution is -2.35. The molecule has 0 radical (unpaired) electrons. The van der Waals surface area contributed by atoms with E-state index in [0.29, 0.717) is 0 Å². The van der Waals surface area contributed by atoms with Crippen molar-refractivity contribution in [2.45, 2.75) is 57.6 Å². The fourth-order valence-corrected chi connectivity index (χ4v) is 2.66. The zero-order valence-electron chi connectivity index (χ0n) is 11.4. The van der Waals surface area contributed by atoms with Gasteiger partial charge >= 0.3 is 0 Å². The smallest absolute Gasteiger partial charge is 0.0632 e. The monoisotopic (exact) mass is 240 g/mol. The molecule has 0 spiro atoms. The molecule has 0 aromatic carbocycles. The molecule has 0 amide bonds. The average molecular weight is 240 g/mol. The Labute approximate surface area is 106 Å². The first-order valence-electron chi connectivity index (χ1n) is 7.23. The molecule has 2 N–H and O–H groups in total. The van der Waals surface area contributed by atoms with Crippen LogP contribution >= 0.6 is 0 Å². The first kappa shape index (κ1) is 13.3. The van der Waals surface area contributed by atoms with Crippen molar-refractivity contribution >= 4 is 0 Å². The summed E-state index contributed by atoms with van der Waals surface area (Å²) < 4.78 is 0. The zero-order chi connectivity index (χ0) is 12.3. The molecular formula is C14H28N2O. The van der Waals surface area contributed by atoms with E-state index in [9.17, 15) is 5.11 Å². The molecule has 2 atom stereocenters. The SMILES string of the molecule is CC(CNC1CC1)CN1CCCC(C)(O)CC1. The van der Waals surface area contributed by atoms with Gasteiger partial charge in [0.25, 0.3) is 0 Å². The molecule has 2 fully saturated rings. The highest BCUT2D eigenvalue weighted by Crippen LogP contribution is 2.22. The van der Waals surface area contributed by atoms with E-state index >= 15 is 0 Å². The van der Waals surface area contributed by atoms with E-state index in [0.717, 1.165) is 50.9 Å². The summed E-state index contributed by atoms with van der Waals surface area (Å²) in [4.78, 5) is 2.53. The van der Waals surface area contributed by atoms with Crippen molar-refractivity contribution in [3.8, 4) is 0 Å². The summed E-state index contributed by atoms with van der Waals surface area (Å²) in [5, 5.41) is 13.7. The van der Waals surface area contributed by atoms with Gasteiger partial charge in [-0.3, -0.25) is 0 Å². The predicted octanol–water partition coefficient (Wildman–Crippen LogP) is 1.61. The molecule has 100 valence electrons. The van der Waals surface area contributed by atoms with Gasteiger partial charge in [0.15, 0.2) is 0 Å². The van der Waals surface area contributed by atoms with Gasteiger partial charge < -0.3 is 15.3 Å². The number of nitrogens with one attached hydrogen (secondary N) is 1. The van der Waals surface area contributed by atoms with Crippen LogP contribution in [0.5, 0.6) is 0 Å². The quantitative estimate of drug-likeness (QED) is 0.766. The minimum Gasteiger partial charge on any atom is -0.390 e. The Balaban J connectivity index is 1.66. The highest BCUT2D eigenvalue weighted by atomic mass is 16.3. The van der Waals surface area contributed by atoms with Gasteiger partial charge in [0.2, 0.25) is 0 Å². The molecule has 3 nitrogen and oxygen atoms in total. The van der Waals surface area contributed by atoms with Crippen LogP contribution in [0, 0.1) is 5.92 Å². The summed E-state index contributed by atoms with van der Waals surface area (Å²) >= 11 is 0. The Morgan fingerprint density at radius 2 is 2.12 bits per heavy atom. The van der Waals surface area contributed by atoms with Crippen molar-refractivity contribution < 1.29 is 5.11 Å². The third kappa shape index (κ3) is 4.94. The van der Waals surface area contributed by atoms with Gasteiger partial charge in [-0.25, -0.2) is 0 Å². The van der Waals surface area contributed by atoms with Crippen LogP contribution in [0.1, 0.15) is 46.0 Å². The van der Waals surface area contributed by atoms with E-state index < -0.39 is 5.60 Å². The fraction of sp³-hybridized carbons (Fsp3) is 1.00. The van der Waals surface area contributed by atoms with E-state index in [-0.39, 0.29) is 0 Å². The van der Waals surface area contributed by atoms with Gasteiger partial charge in [-0.05, 0) is 58.0 Å². The number of likely N-dealkylation sites (tertiary alicyclic amines) is 1. The Hall–Kier alpha value is -0.120. The number of rotatable bonds is 5. The second-order valence-electron chi connectivity index (χ2n) is 6.44. The normalized spacial score (nSPS) is 33.4. The summed E-state index contributed by atoms with van der Waals surface area (Å²) in [6.45, 7) is 8.85. The van der Waals surface area contributed by atoms with Crippen LogP contribution in [-0.4, -0.2) is 47.8 Å². The third-order valence-electron chi connectivity index (χ3n) is 4.06. The number of aliphatic hydroxyl groups is 1. The summed E-state index contributed by atoms with van der Waals surface area (Å²) in [6.07, 6.45) is 5.77. The molecule has 17 heavy (non-hydrogen) atoms. The van der Waals surface area contributed by atoms with Crippen molar-refractivity contribution in [3.05, 3.63) is 0 Å². The Bertz CT molecular complexity index is 238. The van der Waals surface area contributed by atoms with Gasteiger partial charge in [0.05, 0.1) is 5.60 Å². The van der Waals surface area contributed by atoms with Gasteiger partial charge in [0, 0.05) is 19.1 Å². The lowest BCUT2D eigenvalue weighted by molar-refractivity contribution is 0.0442. The van der Waals surface area contributed by atoms with E-state index in [2.05, 4.69) is 17.1 Å². The molecule has 0 aromatic rings. The van der Waals surface area contributed by atoms with Crippen molar-refractivity contribution in [2.24, 2.45) is 5.92 Å². The molecule has 1 aliphatic carbocycles. The lowest BCUT2D eigenvalue weighted by atomic mass is 9.98. The average Bonchev–Trinajstić information content (AvgIpc) is 3.06. The Morgan fingerprint density at radius 3 is 2.82 bits per heavy atom. The number of nitrogens with zero attached hydrogens (tertiary/aromatic N) is 1. The second-order valence-corrected chi connectivity index (χ2v) is 6.44. The van der Waals surface area contributed by atoms with Crippen molar-refractivity contribution in [3.63, 3.8) is 0 Å². The fourth-order valence-electron chi connectivity index (χ4n) is 2.66. The molecule has 0 aromatic heterocycles. The largest absolute Gasteiger partial charge is 0.390 e. The lowest BCUT2D eigenvalue weighted by Gasteiger charge is -2.25. The summed E-state index contributed by atoms with van der Waals surface area (Å²) in [5.74, 6) is 0.721. The van der Waals surface area contributed by atoms with Gasteiger partial charge in [-0.15, -0.1) is 0 Å². The van der Waals surface area contributed by atoms with Crippen LogP contribution in [0.25, 0.3) is 0 Å². The highest BCUT2D eigenvalue weighted by molar-refractivity contribution is 4.83. The van der Waals surface area contributed by atoms with E-state index in [1.54, 1.807) is 0 Å². The van der Waals surface area contributed by atoms with Crippen LogP contribution in [-0.2, 0) is 0 Å². The third-order valence-corrected chi connectivity index (χ3v) is 4.06. The van der Waals surface area contributed by atoms with Crippen molar-refractivity contribution in [2.75, 3.05) is 26.2 Å². The second kappa shape index (κ2) is 5.68. The number of hydrogen-bond acceptors (Lipinski definition) is 3. The molecule has 1 heterocycles. The van der Waals surface area contributed by atoms with Crippen molar-refractivity contribution in [1.29, 1.82) is 0 Å². The first-order valence-corrected chi connectivity index (χ1v) is 7.23. The predicted molar refractivity (Wildman–Crippen MR) is 71.1 cm³/mol. The summed E-state index contributed by atoms with van der Waals surface area (Å²) in [5.41, 5.74) is -0.426. The highest BCUT2D eigenvalue weighted by Gasteiger charge is 2.26. The standard InChI is InChI=1S/C14H28N2O/c1-12(10-15-13-4-5-13)11-16-8-3-6-14(2,17)7-9-16/h12-13,15,17H,3-11H2,1-2H3. The van der Waals surface area contributed by atoms with Gasteiger partial charge in [0.1, 0.15) is 0 Å². The van der Waals surface area contributed by atoms with E-state index in [1.165, 1.54) is 19.4 Å². The number of hydrogen-bond donors (Lipinski definition) is 2. The Morgan fingerprint density at radius 1 is 1.35 bits per heavy atom. The van der Waals surface area contributed by atoms with Crippen molar-refractivity contribution in [1.82, 2.24) is 10.2 Å². The molecule has 1 saturated heterocycles. The van der Waals surface area contributed by atoms with Crippen LogP contribution in [0.3, 0.4) is 0 Å². The maximum atomic E-state index is 10.1. The van der Waals surface area contributed by atoms with E-state index in [1.807, 2.05) is 6.92 Å². The summed E-state index contributed by atoms with van der Waals surface area (Å²) in [6, 6.07) is 0.822. The maximum Gasteiger partial charge on any atom is 0.0632 e. The maximum absolute atomic E-state index is 10.1. The molecule has 2 unspecified atom stereocenters. The van der Waals surface area contributed by atoms with E-state index in [4.69, 9.17) is 0 Å². The summed E-state index contributed by atoms with van der Waals surface area (Å²) in [7, 11) is 0. The topological polar surface area (TPSA) is 35.5 Å². The molecule has 3 heteroatoms. The van der Waals surface area contributed by atoms with Crippen LogP contribution in [0.2, 0.25) is 0 Å². The van der Waals surface area contributed by atoms with Gasteiger partial charge in [-0.2, -0.15) is 0 Å². The Kier molecular flexibility index (Phi) is 4.45. The van der Waals surface area contributed by atoms with Crippen LogP contribution < -0.4 is 5.32 Å². The molecule has 0 bridgehead atoms. The molecule has 1 aliphatic heterocycles. The minimum atomic E-state index is -0.426. The zero-order valence-corrected chi connectivity index (χ0v) is 11.4. The first-order chi connectivity index (χ1) is 8.05. The molecular weight excluding hydrogens is 212 g/mol. The molecule has 2 rings (SSSR count). The van der Waals surface area contributed by atoms with Crippen LogP contribution in [0.4, 0.5) is 0 Å². The molecule has 1 saturated carbocycles.